The van der Waals surface area contributed by atoms with Crippen LogP contribution in [0.5, 0.6) is 0 Å². The molecule has 0 aliphatic carbocycles. The number of nitrogens with one attached hydrogen (secondary N) is 1. The molecule has 0 unspecified atom stereocenters. The van der Waals surface area contributed by atoms with Crippen molar-refractivity contribution in [3.05, 3.63) is 72.3 Å². The van der Waals surface area contributed by atoms with Gasteiger partial charge in [-0.1, -0.05) is 36.4 Å². The van der Waals surface area contributed by atoms with Gasteiger partial charge in [0, 0.05) is 16.9 Å². The van der Waals surface area contributed by atoms with E-state index < -0.39 is 17.7 Å². The minimum atomic E-state index is -4.40. The number of carbonyl (C=O) groups is 1. The molecule has 32 heavy (non-hydrogen) atoms. The maximum Gasteiger partial charge on any atom is 0.416 e. The largest absolute Gasteiger partial charge is 0.481 e. The van der Waals surface area contributed by atoms with E-state index in [2.05, 4.69) is 9.97 Å². The number of aromatic amines is 1. The van der Waals surface area contributed by atoms with Crippen LogP contribution in [-0.2, 0) is 11.0 Å². The van der Waals surface area contributed by atoms with Crippen molar-refractivity contribution in [2.75, 3.05) is 5.75 Å². The van der Waals surface area contributed by atoms with Crippen molar-refractivity contribution >= 4 is 28.8 Å². The smallest absolute Gasteiger partial charge is 0.416 e. The summed E-state index contributed by atoms with van der Waals surface area (Å²) in [6.07, 6.45) is -3.59. The molecular weight excluding hydrogens is 437 g/mol. The number of H-pyrrole nitrogens is 1. The number of fused-ring (bicyclic) bond motifs is 1. The van der Waals surface area contributed by atoms with Crippen molar-refractivity contribution in [2.45, 2.75) is 23.9 Å². The van der Waals surface area contributed by atoms with E-state index in [0.717, 1.165) is 39.5 Å². The Bertz CT molecular complexity index is 1230. The first-order chi connectivity index (χ1) is 15.3. The minimum absolute atomic E-state index is 0.173. The highest BCUT2D eigenvalue weighted by Gasteiger charge is 2.30. The van der Waals surface area contributed by atoms with Crippen LogP contribution in [0.4, 0.5) is 13.2 Å². The number of hydrogen-bond donors (Lipinski definition) is 2. The fourth-order valence-electron chi connectivity index (χ4n) is 3.30. The third-order valence-electron chi connectivity index (χ3n) is 4.96. The molecule has 4 aromatic rings. The van der Waals surface area contributed by atoms with Gasteiger partial charge in [0.05, 0.1) is 16.6 Å². The maximum atomic E-state index is 12.9. The van der Waals surface area contributed by atoms with Crippen molar-refractivity contribution in [3.8, 4) is 22.5 Å². The highest BCUT2D eigenvalue weighted by Crippen LogP contribution is 2.32. The van der Waals surface area contributed by atoms with Gasteiger partial charge in [0.15, 0.2) is 0 Å². The lowest BCUT2D eigenvalue weighted by molar-refractivity contribution is -0.138. The van der Waals surface area contributed by atoms with Crippen LogP contribution in [-0.4, -0.2) is 26.8 Å². The van der Waals surface area contributed by atoms with E-state index >= 15 is 0 Å². The zero-order valence-electron chi connectivity index (χ0n) is 16.8. The van der Waals surface area contributed by atoms with Gasteiger partial charge < -0.3 is 10.1 Å². The van der Waals surface area contributed by atoms with E-state index in [1.807, 2.05) is 48.5 Å². The molecule has 4 nitrogen and oxygen atoms in total. The maximum absolute atomic E-state index is 12.9. The molecule has 0 spiro atoms. The third-order valence-corrected chi connectivity index (χ3v) is 6.06. The number of hydrogen-bond acceptors (Lipinski definition) is 3. The summed E-state index contributed by atoms with van der Waals surface area (Å²) in [5.41, 5.74) is 2.93. The van der Waals surface area contributed by atoms with Crippen molar-refractivity contribution in [2.24, 2.45) is 0 Å². The lowest BCUT2D eigenvalue weighted by atomic mass is 10.0. The second kappa shape index (κ2) is 9.08. The number of rotatable bonds is 7. The summed E-state index contributed by atoms with van der Waals surface area (Å²) in [7, 11) is 0. The Labute approximate surface area is 186 Å². The molecule has 0 saturated carbocycles. The molecule has 0 bridgehead atoms. The lowest BCUT2D eigenvalue weighted by Gasteiger charge is -2.05. The minimum Gasteiger partial charge on any atom is -0.481 e. The summed E-state index contributed by atoms with van der Waals surface area (Å²) in [4.78, 5) is 19.0. The van der Waals surface area contributed by atoms with Crippen LogP contribution in [0.2, 0.25) is 0 Å². The van der Waals surface area contributed by atoms with E-state index in [0.29, 0.717) is 23.3 Å². The summed E-state index contributed by atoms with van der Waals surface area (Å²) in [6, 6.07) is 19.1. The number of imidazole rings is 1. The molecule has 4 rings (SSSR count). The molecular formula is C24H19F3N2O2S. The highest BCUT2D eigenvalue weighted by atomic mass is 32.2. The van der Waals surface area contributed by atoms with E-state index in [1.165, 1.54) is 6.07 Å². The summed E-state index contributed by atoms with van der Waals surface area (Å²) in [5, 5.41) is 8.69. The van der Waals surface area contributed by atoms with Gasteiger partial charge in [-0.25, -0.2) is 4.98 Å². The van der Waals surface area contributed by atoms with E-state index in [9.17, 15) is 18.0 Å². The number of thioether (sulfide) groups is 1. The summed E-state index contributed by atoms with van der Waals surface area (Å²) in [5.74, 6) is 0.486. The molecule has 0 aliphatic heterocycles. The second-order valence-electron chi connectivity index (χ2n) is 7.26. The Morgan fingerprint density at radius 3 is 2.19 bits per heavy atom. The average Bonchev–Trinajstić information content (AvgIpc) is 3.20. The Morgan fingerprint density at radius 1 is 0.938 bits per heavy atom. The number of benzene rings is 3. The number of carboxylic acids is 1. The van der Waals surface area contributed by atoms with Crippen LogP contribution in [0.3, 0.4) is 0 Å². The van der Waals surface area contributed by atoms with Crippen LogP contribution in [0.25, 0.3) is 33.5 Å². The van der Waals surface area contributed by atoms with Crippen LogP contribution < -0.4 is 0 Å². The van der Waals surface area contributed by atoms with Gasteiger partial charge in [0.1, 0.15) is 5.82 Å². The molecule has 0 radical (unpaired) electrons. The molecule has 1 aromatic heterocycles. The molecule has 0 amide bonds. The zero-order chi connectivity index (χ0) is 22.7. The molecule has 8 heteroatoms. The number of carboxylic acid groups (broad SMARTS) is 1. The van der Waals surface area contributed by atoms with Gasteiger partial charge in [0.25, 0.3) is 0 Å². The van der Waals surface area contributed by atoms with Crippen molar-refractivity contribution < 1.29 is 23.1 Å². The normalized spacial score (nSPS) is 11.7. The Morgan fingerprint density at radius 2 is 1.56 bits per heavy atom. The van der Waals surface area contributed by atoms with Gasteiger partial charge in [-0.2, -0.15) is 13.2 Å². The lowest BCUT2D eigenvalue weighted by Crippen LogP contribution is -2.04. The quantitative estimate of drug-likeness (QED) is 0.235. The van der Waals surface area contributed by atoms with Gasteiger partial charge in [-0.15, -0.1) is 11.8 Å². The van der Waals surface area contributed by atoms with Gasteiger partial charge in [0.2, 0.25) is 0 Å². The first-order valence-corrected chi connectivity index (χ1v) is 10.9. The molecule has 0 atom stereocenters. The monoisotopic (exact) mass is 456 g/mol. The highest BCUT2D eigenvalue weighted by molar-refractivity contribution is 7.99. The number of nitrogens with zero attached hydrogens (tertiary/aromatic N) is 1. The van der Waals surface area contributed by atoms with E-state index in [-0.39, 0.29) is 6.42 Å². The van der Waals surface area contributed by atoms with E-state index in [1.54, 1.807) is 11.8 Å². The molecule has 0 fully saturated rings. The topological polar surface area (TPSA) is 66.0 Å². The van der Waals surface area contributed by atoms with Gasteiger partial charge >= 0.3 is 12.1 Å². The standard InChI is InChI=1S/C24H19F3N2O2S/c25-24(26,27)18-9-12-20-21(14-18)29-23(28-20)17-5-3-15(4-6-17)16-7-10-19(11-8-16)32-13-1-2-22(30)31/h3-12,14H,1-2,13H2,(H,28,29)(H,30,31). The number of aromatic nitrogens is 2. The Kier molecular flexibility index (Phi) is 6.23. The number of aliphatic carboxylic acids is 1. The summed E-state index contributed by atoms with van der Waals surface area (Å²) >= 11 is 1.62. The average molecular weight is 456 g/mol. The second-order valence-corrected chi connectivity index (χ2v) is 8.43. The zero-order valence-corrected chi connectivity index (χ0v) is 17.6. The van der Waals surface area contributed by atoms with Gasteiger partial charge in [-0.05, 0) is 53.6 Å². The fraction of sp³-hybridized carbons (Fsp3) is 0.167. The molecule has 0 saturated heterocycles. The first-order valence-electron chi connectivity index (χ1n) is 9.92. The Balaban J connectivity index is 1.46. The summed E-state index contributed by atoms with van der Waals surface area (Å²) < 4.78 is 38.8. The summed E-state index contributed by atoms with van der Waals surface area (Å²) in [6.45, 7) is 0. The van der Waals surface area contributed by atoms with Crippen LogP contribution >= 0.6 is 11.8 Å². The molecule has 3 aromatic carbocycles. The fourth-order valence-corrected chi connectivity index (χ4v) is 4.15. The van der Waals surface area contributed by atoms with Crippen LogP contribution in [0, 0.1) is 0 Å². The molecule has 164 valence electrons. The number of halogens is 3. The SMILES string of the molecule is O=C(O)CCCSc1ccc(-c2ccc(-c3nc4ccc(C(F)(F)F)cc4[nH]3)cc2)cc1. The molecule has 0 aliphatic rings. The Hall–Kier alpha value is -3.26. The predicted octanol–water partition coefficient (Wildman–Crippen LogP) is 6.87. The van der Waals surface area contributed by atoms with Crippen molar-refractivity contribution in [1.82, 2.24) is 9.97 Å². The van der Waals surface area contributed by atoms with Gasteiger partial charge in [-0.3, -0.25) is 4.79 Å². The molecule has 1 heterocycles. The third kappa shape index (κ3) is 5.13. The first kappa shape index (κ1) is 22.0. The van der Waals surface area contributed by atoms with Crippen LogP contribution in [0.1, 0.15) is 18.4 Å². The predicted molar refractivity (Wildman–Crippen MR) is 120 cm³/mol. The molecule has 2 N–H and O–H groups in total. The van der Waals surface area contributed by atoms with E-state index in [4.69, 9.17) is 5.11 Å². The number of alkyl halides is 3. The van der Waals surface area contributed by atoms with Crippen molar-refractivity contribution in [1.29, 1.82) is 0 Å². The van der Waals surface area contributed by atoms with Crippen molar-refractivity contribution in [3.63, 3.8) is 0 Å². The van der Waals surface area contributed by atoms with Crippen LogP contribution in [0.15, 0.2) is 71.6 Å².